The van der Waals surface area contributed by atoms with E-state index in [9.17, 15) is 9.90 Å². The number of hydrogen-bond acceptors (Lipinski definition) is 4. The van der Waals surface area contributed by atoms with Gasteiger partial charge in [0.25, 0.3) is 0 Å². The first kappa shape index (κ1) is 21.7. The number of amides is 1. The lowest BCUT2D eigenvalue weighted by atomic mass is 10.2. The van der Waals surface area contributed by atoms with Gasteiger partial charge in [-0.05, 0) is 29.3 Å². The van der Waals surface area contributed by atoms with Crippen molar-refractivity contribution >= 4 is 17.7 Å². The highest BCUT2D eigenvalue weighted by atomic mass is 35.5. The Morgan fingerprint density at radius 1 is 0.900 bits per heavy atom. The lowest BCUT2D eigenvalue weighted by Gasteiger charge is -2.21. The maximum atomic E-state index is 12.5. The number of hydrogen-bond donors (Lipinski definition) is 1. The van der Waals surface area contributed by atoms with Gasteiger partial charge in [-0.1, -0.05) is 72.3 Å². The average molecular weight is 426 g/mol. The Balaban J connectivity index is 1.60. The molecule has 0 unspecified atom stereocenters. The highest BCUT2D eigenvalue weighted by Crippen LogP contribution is 2.20. The van der Waals surface area contributed by atoms with E-state index < -0.39 is 6.09 Å². The Hall–Kier alpha value is -3.02. The van der Waals surface area contributed by atoms with E-state index in [1.165, 1.54) is 4.90 Å². The van der Waals surface area contributed by atoms with E-state index in [0.29, 0.717) is 23.9 Å². The monoisotopic (exact) mass is 425 g/mol. The number of halogens is 1. The van der Waals surface area contributed by atoms with Gasteiger partial charge < -0.3 is 19.5 Å². The van der Waals surface area contributed by atoms with Crippen LogP contribution in [-0.4, -0.2) is 29.3 Å². The molecule has 0 spiro atoms. The zero-order valence-electron chi connectivity index (χ0n) is 16.5. The molecule has 3 aromatic carbocycles. The van der Waals surface area contributed by atoms with Crippen molar-refractivity contribution < 1.29 is 19.4 Å². The molecule has 3 rings (SSSR count). The third-order valence-corrected chi connectivity index (χ3v) is 4.83. The standard InChI is InChI=1S/C24H24ClNO4/c25-23-12-5-4-10-21(23)18-29-22-11-6-9-20(15-22)16-26(13-14-27)24(28)30-17-19-7-2-1-3-8-19/h1-12,15,27H,13-14,16-18H2. The van der Waals surface area contributed by atoms with Crippen LogP contribution < -0.4 is 4.74 Å². The number of benzene rings is 3. The molecule has 0 aliphatic carbocycles. The number of carbonyl (C=O) groups is 1. The molecule has 0 bridgehead atoms. The molecule has 0 radical (unpaired) electrons. The molecule has 0 heterocycles. The first-order valence-electron chi connectivity index (χ1n) is 9.67. The van der Waals surface area contributed by atoms with E-state index in [0.717, 1.165) is 16.7 Å². The van der Waals surface area contributed by atoms with Crippen molar-refractivity contribution in [2.24, 2.45) is 0 Å². The van der Waals surface area contributed by atoms with Crippen LogP contribution in [0.4, 0.5) is 4.79 Å². The molecule has 0 saturated heterocycles. The van der Waals surface area contributed by atoms with Gasteiger partial charge in [0.05, 0.1) is 6.61 Å². The normalized spacial score (nSPS) is 10.5. The minimum atomic E-state index is -0.477. The maximum Gasteiger partial charge on any atom is 0.410 e. The van der Waals surface area contributed by atoms with Gasteiger partial charge in [0.1, 0.15) is 19.0 Å². The molecule has 0 saturated carbocycles. The van der Waals surface area contributed by atoms with Crippen LogP contribution in [0.2, 0.25) is 5.02 Å². The van der Waals surface area contributed by atoms with Crippen LogP contribution in [0.25, 0.3) is 0 Å². The van der Waals surface area contributed by atoms with Crippen molar-refractivity contribution in [2.75, 3.05) is 13.2 Å². The quantitative estimate of drug-likeness (QED) is 0.521. The summed E-state index contributed by atoms with van der Waals surface area (Å²) in [5.74, 6) is 0.675. The Kier molecular flexibility index (Phi) is 8.12. The van der Waals surface area contributed by atoms with E-state index in [-0.39, 0.29) is 19.8 Å². The van der Waals surface area contributed by atoms with Crippen molar-refractivity contribution in [3.05, 3.63) is 101 Å². The third kappa shape index (κ3) is 6.51. The fraction of sp³-hybridized carbons (Fsp3) is 0.208. The van der Waals surface area contributed by atoms with Gasteiger partial charge in [-0.2, -0.15) is 0 Å². The summed E-state index contributed by atoms with van der Waals surface area (Å²) >= 11 is 6.17. The predicted octanol–water partition coefficient (Wildman–Crippen LogP) is 5.05. The van der Waals surface area contributed by atoms with Gasteiger partial charge in [-0.3, -0.25) is 0 Å². The van der Waals surface area contributed by atoms with Gasteiger partial charge in [0.15, 0.2) is 0 Å². The molecule has 0 aliphatic rings. The summed E-state index contributed by atoms with van der Waals surface area (Å²) in [6.45, 7) is 0.865. The summed E-state index contributed by atoms with van der Waals surface area (Å²) in [6.07, 6.45) is -0.477. The van der Waals surface area contributed by atoms with Crippen LogP contribution in [0, 0.1) is 0 Å². The molecular weight excluding hydrogens is 402 g/mol. The summed E-state index contributed by atoms with van der Waals surface area (Å²) < 4.78 is 11.2. The lowest BCUT2D eigenvalue weighted by molar-refractivity contribution is 0.0858. The van der Waals surface area contributed by atoms with Crippen LogP contribution >= 0.6 is 11.6 Å². The number of aliphatic hydroxyl groups excluding tert-OH is 1. The minimum absolute atomic E-state index is 0.150. The van der Waals surface area contributed by atoms with Crippen LogP contribution in [0.15, 0.2) is 78.9 Å². The van der Waals surface area contributed by atoms with Crippen LogP contribution in [0.3, 0.4) is 0 Å². The summed E-state index contributed by atoms with van der Waals surface area (Å²) in [7, 11) is 0. The first-order valence-corrected chi connectivity index (χ1v) is 10.0. The molecular formula is C24H24ClNO4. The fourth-order valence-corrected chi connectivity index (χ4v) is 3.09. The number of ether oxygens (including phenoxy) is 2. The summed E-state index contributed by atoms with van der Waals surface area (Å²) in [6, 6.07) is 24.5. The molecule has 1 N–H and O–H groups in total. The molecule has 30 heavy (non-hydrogen) atoms. The van der Waals surface area contributed by atoms with Crippen molar-refractivity contribution in [3.8, 4) is 5.75 Å². The molecule has 3 aromatic rings. The molecule has 0 aromatic heterocycles. The van der Waals surface area contributed by atoms with Crippen molar-refractivity contribution in [1.82, 2.24) is 4.90 Å². The number of carbonyl (C=O) groups excluding carboxylic acids is 1. The zero-order chi connectivity index (χ0) is 21.2. The second-order valence-corrected chi connectivity index (χ2v) is 7.12. The van der Waals surface area contributed by atoms with Gasteiger partial charge in [-0.15, -0.1) is 0 Å². The van der Waals surface area contributed by atoms with E-state index in [1.54, 1.807) is 0 Å². The lowest BCUT2D eigenvalue weighted by Crippen LogP contribution is -2.33. The average Bonchev–Trinajstić information content (AvgIpc) is 2.77. The molecule has 0 atom stereocenters. The smallest absolute Gasteiger partial charge is 0.410 e. The first-order chi connectivity index (χ1) is 14.7. The molecule has 6 heteroatoms. The zero-order valence-corrected chi connectivity index (χ0v) is 17.3. The Labute approximate surface area is 181 Å². The Bertz CT molecular complexity index is 949. The summed E-state index contributed by atoms with van der Waals surface area (Å²) in [5.41, 5.74) is 2.68. The van der Waals surface area contributed by atoms with Crippen molar-refractivity contribution in [1.29, 1.82) is 0 Å². The van der Waals surface area contributed by atoms with Crippen molar-refractivity contribution in [2.45, 2.75) is 19.8 Å². The molecule has 0 fully saturated rings. The minimum Gasteiger partial charge on any atom is -0.489 e. The van der Waals surface area contributed by atoms with E-state index in [1.807, 2.05) is 78.9 Å². The Morgan fingerprint density at radius 3 is 2.40 bits per heavy atom. The van der Waals surface area contributed by atoms with Crippen LogP contribution in [-0.2, 0) is 24.5 Å². The van der Waals surface area contributed by atoms with Crippen molar-refractivity contribution in [3.63, 3.8) is 0 Å². The van der Waals surface area contributed by atoms with E-state index >= 15 is 0 Å². The van der Waals surface area contributed by atoms with Gasteiger partial charge in [0, 0.05) is 23.7 Å². The molecule has 1 amide bonds. The van der Waals surface area contributed by atoms with E-state index in [4.69, 9.17) is 21.1 Å². The van der Waals surface area contributed by atoms with Crippen LogP contribution in [0.1, 0.15) is 16.7 Å². The maximum absolute atomic E-state index is 12.5. The van der Waals surface area contributed by atoms with Gasteiger partial charge in [0.2, 0.25) is 0 Å². The molecule has 156 valence electrons. The summed E-state index contributed by atoms with van der Waals surface area (Å²) in [5, 5.41) is 10.0. The molecule has 0 aliphatic heterocycles. The second kappa shape index (κ2) is 11.2. The topological polar surface area (TPSA) is 59.0 Å². The van der Waals surface area contributed by atoms with Gasteiger partial charge in [-0.25, -0.2) is 4.79 Å². The predicted molar refractivity (Wildman–Crippen MR) is 116 cm³/mol. The van der Waals surface area contributed by atoms with Gasteiger partial charge >= 0.3 is 6.09 Å². The van der Waals surface area contributed by atoms with E-state index in [2.05, 4.69) is 0 Å². The number of nitrogens with zero attached hydrogens (tertiary/aromatic N) is 1. The second-order valence-electron chi connectivity index (χ2n) is 6.71. The number of rotatable bonds is 9. The SMILES string of the molecule is O=C(OCc1ccccc1)N(CCO)Cc1cccc(OCc2ccccc2Cl)c1. The molecule has 5 nitrogen and oxygen atoms in total. The van der Waals surface area contributed by atoms with Crippen LogP contribution in [0.5, 0.6) is 5.75 Å². The highest BCUT2D eigenvalue weighted by Gasteiger charge is 2.15. The third-order valence-electron chi connectivity index (χ3n) is 4.46. The fourth-order valence-electron chi connectivity index (χ4n) is 2.90. The largest absolute Gasteiger partial charge is 0.489 e. The highest BCUT2D eigenvalue weighted by molar-refractivity contribution is 6.31. The summed E-state index contributed by atoms with van der Waals surface area (Å²) in [4.78, 5) is 14.0. The Morgan fingerprint density at radius 2 is 1.63 bits per heavy atom. The number of aliphatic hydroxyl groups is 1.